The Bertz CT molecular complexity index is 854. The molecule has 6 heteroatoms. The van der Waals surface area contributed by atoms with E-state index < -0.39 is 0 Å². The maximum Gasteiger partial charge on any atom is 0.242 e. The Morgan fingerprint density at radius 2 is 1.33 bits per heavy atom. The molecule has 0 N–H and O–H groups in total. The third-order valence-electron chi connectivity index (χ3n) is 5.21. The van der Waals surface area contributed by atoms with Gasteiger partial charge < -0.3 is 14.4 Å². The first-order chi connectivity index (χ1) is 14.0. The molecule has 0 fully saturated rings. The molecule has 0 radical (unpaired) electrons. The molecule has 0 spiro atoms. The summed E-state index contributed by atoms with van der Waals surface area (Å²) >= 11 is 1.55. The van der Waals surface area contributed by atoms with Crippen LogP contribution in [0.15, 0.2) is 35.4 Å². The number of carbonyl (C=O) groups is 2. The van der Waals surface area contributed by atoms with E-state index in [2.05, 4.69) is 33.8 Å². The number of rotatable bonds is 9. The number of hydrogen-bond donors (Lipinski definition) is 0. The number of aromatic nitrogens is 1. The van der Waals surface area contributed by atoms with Crippen molar-refractivity contribution in [2.45, 2.75) is 91.0 Å². The summed E-state index contributed by atoms with van der Waals surface area (Å²) in [6.07, 6.45) is 2.02. The predicted molar refractivity (Wildman–Crippen MR) is 127 cm³/mol. The minimum absolute atomic E-state index is 0.110. The van der Waals surface area contributed by atoms with Gasteiger partial charge in [0.1, 0.15) is 6.54 Å². The van der Waals surface area contributed by atoms with Gasteiger partial charge in [0.2, 0.25) is 11.8 Å². The fourth-order valence-corrected chi connectivity index (χ4v) is 5.20. The molecule has 0 atom stereocenters. The van der Waals surface area contributed by atoms with E-state index in [0.717, 1.165) is 15.8 Å². The van der Waals surface area contributed by atoms with E-state index in [-0.39, 0.29) is 36.0 Å². The van der Waals surface area contributed by atoms with Gasteiger partial charge in [-0.25, -0.2) is 0 Å². The van der Waals surface area contributed by atoms with Crippen LogP contribution in [0.25, 0.3) is 10.9 Å². The normalized spacial score (nSPS) is 11.9. The molecule has 0 saturated heterocycles. The zero-order valence-electron chi connectivity index (χ0n) is 19.7. The number of fused-ring (bicyclic) bond motifs is 1. The Kier molecular flexibility index (Phi) is 8.42. The summed E-state index contributed by atoms with van der Waals surface area (Å²) in [4.78, 5) is 30.7. The Labute approximate surface area is 185 Å². The molecule has 2 amide bonds. The molecule has 0 aliphatic rings. The first-order valence-electron chi connectivity index (χ1n) is 10.9. The number of amides is 2. The lowest BCUT2D eigenvalue weighted by atomic mass is 10.2. The van der Waals surface area contributed by atoms with Gasteiger partial charge in [0.25, 0.3) is 0 Å². The number of hydrogen-bond acceptors (Lipinski definition) is 3. The second kappa shape index (κ2) is 10.4. The molecule has 1 aromatic heterocycles. The van der Waals surface area contributed by atoms with Crippen molar-refractivity contribution in [1.82, 2.24) is 14.4 Å². The number of carbonyl (C=O) groups excluding carboxylic acids is 2. The Morgan fingerprint density at radius 1 is 0.833 bits per heavy atom. The maximum absolute atomic E-state index is 13.0. The highest BCUT2D eigenvalue weighted by Crippen LogP contribution is 2.30. The monoisotopic (exact) mass is 431 g/mol. The Morgan fingerprint density at radius 3 is 1.87 bits per heavy atom. The second-order valence-electron chi connectivity index (χ2n) is 8.90. The van der Waals surface area contributed by atoms with Crippen LogP contribution in [0.3, 0.4) is 0 Å². The standard InChI is InChI=1S/C24H37N3O2S/c1-16(2)26(17(3)4)23(28)14-25-13-22(20-11-9-10-12-21(20)25)30-15-24(29)27(18(5)6)19(7)8/h9-13,16-19H,14-15H2,1-8H3. The predicted octanol–water partition coefficient (Wildman–Crippen LogP) is 5.02. The lowest BCUT2D eigenvalue weighted by Gasteiger charge is -2.31. The number of benzene rings is 1. The number of nitrogens with zero attached hydrogens (tertiary/aromatic N) is 3. The summed E-state index contributed by atoms with van der Waals surface area (Å²) < 4.78 is 2.02. The van der Waals surface area contributed by atoms with Crippen LogP contribution in [0.4, 0.5) is 0 Å². The first kappa shape index (κ1) is 24.3. The molecule has 166 valence electrons. The molecule has 2 aromatic rings. The van der Waals surface area contributed by atoms with Crippen molar-refractivity contribution in [2.24, 2.45) is 0 Å². The summed E-state index contributed by atoms with van der Waals surface area (Å²) in [7, 11) is 0. The highest BCUT2D eigenvalue weighted by molar-refractivity contribution is 8.00. The van der Waals surface area contributed by atoms with E-state index in [9.17, 15) is 9.59 Å². The SMILES string of the molecule is CC(C)N(C(=O)CSc1cn(CC(=O)N(C(C)C)C(C)C)c2ccccc12)C(C)C. The quantitative estimate of drug-likeness (QED) is 0.524. The summed E-state index contributed by atoms with van der Waals surface area (Å²) in [5.41, 5.74) is 1.03. The molecule has 0 aliphatic carbocycles. The van der Waals surface area contributed by atoms with Gasteiger partial charge in [-0.3, -0.25) is 9.59 Å². The van der Waals surface area contributed by atoms with E-state index in [0.29, 0.717) is 12.3 Å². The fraction of sp³-hybridized carbons (Fsp3) is 0.583. The van der Waals surface area contributed by atoms with E-state index >= 15 is 0 Å². The molecule has 5 nitrogen and oxygen atoms in total. The molecule has 2 rings (SSSR count). The molecular weight excluding hydrogens is 394 g/mol. The lowest BCUT2D eigenvalue weighted by molar-refractivity contribution is -0.135. The third-order valence-corrected chi connectivity index (χ3v) is 6.24. The topological polar surface area (TPSA) is 45.6 Å². The van der Waals surface area contributed by atoms with Crippen LogP contribution in [0.2, 0.25) is 0 Å². The van der Waals surface area contributed by atoms with Crippen LogP contribution in [-0.2, 0) is 16.1 Å². The van der Waals surface area contributed by atoms with Crippen LogP contribution in [-0.4, -0.2) is 56.1 Å². The van der Waals surface area contributed by atoms with E-state index in [1.807, 2.05) is 66.5 Å². The van der Waals surface area contributed by atoms with Crippen LogP contribution >= 0.6 is 11.8 Å². The zero-order chi connectivity index (χ0) is 22.6. The molecule has 1 aromatic carbocycles. The second-order valence-corrected chi connectivity index (χ2v) is 9.92. The summed E-state index contributed by atoms with van der Waals surface area (Å²) in [6.45, 7) is 16.7. The molecule has 30 heavy (non-hydrogen) atoms. The summed E-state index contributed by atoms with van der Waals surface area (Å²) in [5, 5.41) is 1.09. The first-order valence-corrected chi connectivity index (χ1v) is 11.9. The van der Waals surface area contributed by atoms with Gasteiger partial charge in [0, 0.05) is 46.2 Å². The molecule has 0 saturated carbocycles. The zero-order valence-corrected chi connectivity index (χ0v) is 20.5. The van der Waals surface area contributed by atoms with Crippen LogP contribution in [0.5, 0.6) is 0 Å². The number of thioether (sulfide) groups is 1. The maximum atomic E-state index is 13.0. The average molecular weight is 432 g/mol. The Hall–Kier alpha value is -1.95. The summed E-state index contributed by atoms with van der Waals surface area (Å²) in [6, 6.07) is 8.76. The molecular formula is C24H37N3O2S. The largest absolute Gasteiger partial charge is 0.337 e. The van der Waals surface area contributed by atoms with Gasteiger partial charge in [-0.05, 0) is 61.5 Å². The van der Waals surface area contributed by atoms with Crippen molar-refractivity contribution in [3.8, 4) is 0 Å². The minimum atomic E-state index is 0.110. The van der Waals surface area contributed by atoms with Gasteiger partial charge in [-0.1, -0.05) is 18.2 Å². The highest BCUT2D eigenvalue weighted by Gasteiger charge is 2.23. The molecule has 0 unspecified atom stereocenters. The smallest absolute Gasteiger partial charge is 0.242 e. The minimum Gasteiger partial charge on any atom is -0.337 e. The molecule has 1 heterocycles. The van der Waals surface area contributed by atoms with Gasteiger partial charge in [-0.15, -0.1) is 11.8 Å². The van der Waals surface area contributed by atoms with Crippen molar-refractivity contribution in [1.29, 1.82) is 0 Å². The van der Waals surface area contributed by atoms with Gasteiger partial charge >= 0.3 is 0 Å². The van der Waals surface area contributed by atoms with Crippen molar-refractivity contribution in [2.75, 3.05) is 5.75 Å². The average Bonchev–Trinajstić information content (AvgIpc) is 2.96. The van der Waals surface area contributed by atoms with Crippen molar-refractivity contribution >= 4 is 34.5 Å². The van der Waals surface area contributed by atoms with Gasteiger partial charge in [0.15, 0.2) is 0 Å². The van der Waals surface area contributed by atoms with Crippen molar-refractivity contribution < 1.29 is 9.59 Å². The van der Waals surface area contributed by atoms with Crippen molar-refractivity contribution in [3.05, 3.63) is 30.5 Å². The Balaban J connectivity index is 2.25. The van der Waals surface area contributed by atoms with Crippen molar-refractivity contribution in [3.63, 3.8) is 0 Å². The van der Waals surface area contributed by atoms with Crippen LogP contribution in [0.1, 0.15) is 55.4 Å². The summed E-state index contributed by atoms with van der Waals surface area (Å²) in [5.74, 6) is 0.644. The highest BCUT2D eigenvalue weighted by atomic mass is 32.2. The van der Waals surface area contributed by atoms with Gasteiger partial charge in [0.05, 0.1) is 5.75 Å². The van der Waals surface area contributed by atoms with E-state index in [1.165, 1.54) is 0 Å². The van der Waals surface area contributed by atoms with E-state index in [4.69, 9.17) is 0 Å². The van der Waals surface area contributed by atoms with E-state index in [1.54, 1.807) is 11.8 Å². The van der Waals surface area contributed by atoms with Crippen LogP contribution in [0, 0.1) is 0 Å². The van der Waals surface area contributed by atoms with Crippen LogP contribution < -0.4 is 0 Å². The van der Waals surface area contributed by atoms with Gasteiger partial charge in [-0.2, -0.15) is 0 Å². The number of para-hydroxylation sites is 1. The molecule has 0 aliphatic heterocycles. The third kappa shape index (κ3) is 5.60. The molecule has 0 bridgehead atoms. The fourth-order valence-electron chi connectivity index (χ4n) is 4.24. The lowest BCUT2D eigenvalue weighted by Crippen LogP contribution is -2.43.